The number of azo groups is 1. The van der Waals surface area contributed by atoms with Gasteiger partial charge < -0.3 is 0 Å². The Kier molecular flexibility index (Phi) is 4.54. The number of benzene rings is 4. The van der Waals surface area contributed by atoms with E-state index < -0.39 is 16.7 Å². The standard InChI is InChI=1S/C30H20ClN3O2/c31-30-23-12-6-4-10-21(23)25(22-11-5-7-13-24(22)30)26-27(30)29(36)34(28(26)35)20-16-14-19(15-17-20)33-32-18-8-2-1-3-9-18/h1-17,25-27H/t25?,26-,27+,30?/m0/s1. The van der Waals surface area contributed by atoms with Crippen LogP contribution in [0.15, 0.2) is 113 Å². The molecule has 3 aliphatic carbocycles. The molecular weight excluding hydrogens is 470 g/mol. The lowest BCUT2D eigenvalue weighted by atomic mass is 9.54. The van der Waals surface area contributed by atoms with Crippen molar-refractivity contribution < 1.29 is 9.59 Å². The second-order valence-corrected chi connectivity index (χ2v) is 10.0. The van der Waals surface area contributed by atoms with Crippen LogP contribution in [0.5, 0.6) is 0 Å². The van der Waals surface area contributed by atoms with E-state index in [0.29, 0.717) is 11.4 Å². The first-order chi connectivity index (χ1) is 17.6. The van der Waals surface area contributed by atoms with Crippen LogP contribution in [0.3, 0.4) is 0 Å². The summed E-state index contributed by atoms with van der Waals surface area (Å²) in [4.78, 5) is 28.1. The number of alkyl halides is 1. The Hall–Kier alpha value is -4.09. The predicted octanol–water partition coefficient (Wildman–Crippen LogP) is 6.85. The van der Waals surface area contributed by atoms with E-state index >= 15 is 0 Å². The van der Waals surface area contributed by atoms with Gasteiger partial charge in [-0.15, -0.1) is 11.6 Å². The minimum Gasteiger partial charge on any atom is -0.274 e. The third kappa shape index (κ3) is 2.78. The van der Waals surface area contributed by atoms with Gasteiger partial charge in [0, 0.05) is 5.92 Å². The van der Waals surface area contributed by atoms with E-state index in [2.05, 4.69) is 10.2 Å². The van der Waals surface area contributed by atoms with Gasteiger partial charge in [0.15, 0.2) is 0 Å². The van der Waals surface area contributed by atoms with Crippen molar-refractivity contribution >= 4 is 40.5 Å². The van der Waals surface area contributed by atoms with Crippen LogP contribution in [-0.2, 0) is 14.5 Å². The van der Waals surface area contributed by atoms with Crippen molar-refractivity contribution in [2.75, 3.05) is 4.90 Å². The number of hydrogen-bond acceptors (Lipinski definition) is 4. The van der Waals surface area contributed by atoms with Crippen LogP contribution >= 0.6 is 11.6 Å². The molecule has 0 radical (unpaired) electrons. The van der Waals surface area contributed by atoms with Gasteiger partial charge in [-0.05, 0) is 58.7 Å². The van der Waals surface area contributed by atoms with E-state index in [1.807, 2.05) is 78.9 Å². The van der Waals surface area contributed by atoms with Crippen LogP contribution in [0.4, 0.5) is 17.1 Å². The van der Waals surface area contributed by atoms with Gasteiger partial charge in [-0.25, -0.2) is 4.90 Å². The molecule has 174 valence electrons. The van der Waals surface area contributed by atoms with Crippen molar-refractivity contribution in [3.8, 4) is 0 Å². The third-order valence-corrected chi connectivity index (χ3v) is 8.30. The summed E-state index contributed by atoms with van der Waals surface area (Å²) < 4.78 is 0. The average molecular weight is 490 g/mol. The fraction of sp³-hybridized carbons (Fsp3) is 0.133. The molecule has 0 N–H and O–H groups in total. The SMILES string of the molecule is O=C1[C@H]2C3c4ccccc4C(Cl)(c4ccccc43)[C@H]2C(=O)N1c1ccc(N=Nc2ccccc2)cc1. The number of carbonyl (C=O) groups excluding carboxylic acids is 2. The van der Waals surface area contributed by atoms with Crippen molar-refractivity contribution in [2.24, 2.45) is 22.1 Å². The number of hydrogen-bond donors (Lipinski definition) is 0. The van der Waals surface area contributed by atoms with Gasteiger partial charge >= 0.3 is 0 Å². The van der Waals surface area contributed by atoms with Gasteiger partial charge in [0.1, 0.15) is 4.87 Å². The first-order valence-electron chi connectivity index (χ1n) is 11.9. The summed E-state index contributed by atoms with van der Waals surface area (Å²) in [5, 5.41) is 8.51. The van der Waals surface area contributed by atoms with Crippen molar-refractivity contribution in [3.63, 3.8) is 0 Å². The first kappa shape index (κ1) is 21.2. The molecule has 2 amide bonds. The lowest BCUT2D eigenvalue weighted by Gasteiger charge is -2.50. The van der Waals surface area contributed by atoms with Crippen LogP contribution < -0.4 is 4.90 Å². The maximum atomic E-state index is 13.9. The van der Waals surface area contributed by atoms with Gasteiger partial charge in [0.2, 0.25) is 11.8 Å². The number of amides is 2. The molecule has 8 rings (SSSR count). The minimum atomic E-state index is -1.09. The molecule has 1 fully saturated rings. The second kappa shape index (κ2) is 7.70. The molecule has 0 unspecified atom stereocenters. The average Bonchev–Trinajstić information content (AvgIpc) is 3.20. The Morgan fingerprint density at radius 3 is 1.78 bits per heavy atom. The third-order valence-electron chi connectivity index (χ3n) is 7.66. The van der Waals surface area contributed by atoms with Gasteiger partial charge in [-0.1, -0.05) is 66.7 Å². The fourth-order valence-corrected chi connectivity index (χ4v) is 6.79. The fourth-order valence-electron chi connectivity index (χ4n) is 6.21. The zero-order chi connectivity index (χ0) is 24.4. The van der Waals surface area contributed by atoms with E-state index in [-0.39, 0.29) is 17.7 Å². The number of carbonyl (C=O) groups is 2. The zero-order valence-electron chi connectivity index (χ0n) is 19.1. The lowest BCUT2D eigenvalue weighted by Crippen LogP contribution is -2.50. The highest BCUT2D eigenvalue weighted by Gasteiger charge is 2.67. The van der Waals surface area contributed by atoms with Gasteiger partial charge in [0.05, 0.1) is 28.9 Å². The van der Waals surface area contributed by atoms with Crippen LogP contribution in [0.2, 0.25) is 0 Å². The Bertz CT molecular complexity index is 1520. The Labute approximate surface area is 213 Å². The molecule has 4 aromatic rings. The molecule has 1 saturated heterocycles. The molecule has 5 nitrogen and oxygen atoms in total. The molecule has 6 heteroatoms. The molecule has 0 spiro atoms. The summed E-state index contributed by atoms with van der Waals surface area (Å²) in [6, 6.07) is 32.4. The van der Waals surface area contributed by atoms with Crippen LogP contribution in [-0.4, -0.2) is 11.8 Å². The molecular formula is C30H20ClN3O2. The number of nitrogens with zero attached hydrogens (tertiary/aromatic N) is 3. The Balaban J connectivity index is 1.28. The topological polar surface area (TPSA) is 62.1 Å². The highest BCUT2D eigenvalue weighted by molar-refractivity contribution is 6.33. The maximum Gasteiger partial charge on any atom is 0.240 e. The summed E-state index contributed by atoms with van der Waals surface area (Å²) in [5.41, 5.74) is 5.82. The highest BCUT2D eigenvalue weighted by atomic mass is 35.5. The molecule has 36 heavy (non-hydrogen) atoms. The van der Waals surface area contributed by atoms with E-state index in [0.717, 1.165) is 27.9 Å². The van der Waals surface area contributed by atoms with Crippen molar-refractivity contribution in [2.45, 2.75) is 10.8 Å². The molecule has 4 aliphatic rings. The minimum absolute atomic E-state index is 0.205. The summed E-state index contributed by atoms with van der Waals surface area (Å²) in [7, 11) is 0. The zero-order valence-corrected chi connectivity index (χ0v) is 19.8. The summed E-state index contributed by atoms with van der Waals surface area (Å²) >= 11 is 7.47. The van der Waals surface area contributed by atoms with Gasteiger partial charge in [0.25, 0.3) is 0 Å². The first-order valence-corrected chi connectivity index (χ1v) is 12.3. The largest absolute Gasteiger partial charge is 0.274 e. The number of imide groups is 1. The molecule has 1 heterocycles. The summed E-state index contributed by atoms with van der Waals surface area (Å²) in [5.74, 6) is -1.88. The van der Waals surface area contributed by atoms with E-state index in [9.17, 15) is 9.59 Å². The molecule has 2 bridgehead atoms. The molecule has 4 aromatic carbocycles. The molecule has 0 aromatic heterocycles. The quantitative estimate of drug-likeness (QED) is 0.179. The van der Waals surface area contributed by atoms with Crippen molar-refractivity contribution in [3.05, 3.63) is 125 Å². The highest BCUT2D eigenvalue weighted by Crippen LogP contribution is 2.65. The maximum absolute atomic E-state index is 13.9. The number of rotatable bonds is 3. The van der Waals surface area contributed by atoms with E-state index in [4.69, 9.17) is 11.6 Å². The molecule has 0 saturated carbocycles. The molecule has 1 aliphatic heterocycles. The van der Waals surface area contributed by atoms with E-state index in [1.54, 1.807) is 24.3 Å². The molecule has 2 atom stereocenters. The predicted molar refractivity (Wildman–Crippen MR) is 138 cm³/mol. The van der Waals surface area contributed by atoms with E-state index in [1.165, 1.54) is 4.90 Å². The lowest BCUT2D eigenvalue weighted by molar-refractivity contribution is -0.122. The van der Waals surface area contributed by atoms with Gasteiger partial charge in [-0.3, -0.25) is 9.59 Å². The Morgan fingerprint density at radius 1 is 0.639 bits per heavy atom. The number of halogens is 1. The normalized spacial score (nSPS) is 25.7. The smallest absolute Gasteiger partial charge is 0.240 e. The second-order valence-electron chi connectivity index (χ2n) is 9.43. The van der Waals surface area contributed by atoms with Crippen LogP contribution in [0, 0.1) is 11.8 Å². The van der Waals surface area contributed by atoms with Crippen molar-refractivity contribution in [1.82, 2.24) is 0 Å². The summed E-state index contributed by atoms with van der Waals surface area (Å²) in [6.45, 7) is 0. The van der Waals surface area contributed by atoms with Crippen LogP contribution in [0.1, 0.15) is 28.2 Å². The summed E-state index contributed by atoms with van der Waals surface area (Å²) in [6.07, 6.45) is 0. The van der Waals surface area contributed by atoms with Crippen LogP contribution in [0.25, 0.3) is 0 Å². The monoisotopic (exact) mass is 489 g/mol. The van der Waals surface area contributed by atoms with Gasteiger partial charge in [-0.2, -0.15) is 10.2 Å². The van der Waals surface area contributed by atoms with Crippen molar-refractivity contribution in [1.29, 1.82) is 0 Å². The Morgan fingerprint density at radius 2 is 1.17 bits per heavy atom. The number of anilines is 1.